The molecule has 0 N–H and O–H groups in total. The monoisotopic (exact) mass is 188 g/mol. The second-order valence-electron chi connectivity index (χ2n) is 3.11. The second-order valence-corrected chi connectivity index (χ2v) is 3.11. The fraction of sp³-hybridized carbons (Fsp3) is 0.231. The van der Waals surface area contributed by atoms with Crippen LogP contribution < -0.4 is 4.74 Å². The maximum atomic E-state index is 5.63. The van der Waals surface area contributed by atoms with E-state index in [1.165, 1.54) is 5.56 Å². The van der Waals surface area contributed by atoms with Gasteiger partial charge in [0.2, 0.25) is 0 Å². The molecular formula is C13H16O. The van der Waals surface area contributed by atoms with E-state index >= 15 is 0 Å². The Morgan fingerprint density at radius 1 is 1.14 bits per heavy atom. The minimum absolute atomic E-state index is 0.872. The zero-order valence-electron chi connectivity index (χ0n) is 8.95. The molecule has 0 saturated heterocycles. The predicted octanol–water partition coefficient (Wildman–Crippen LogP) is 3.85. The van der Waals surface area contributed by atoms with Crippen molar-refractivity contribution in [1.29, 1.82) is 0 Å². The van der Waals surface area contributed by atoms with Crippen LogP contribution in [0, 0.1) is 6.92 Å². The van der Waals surface area contributed by atoms with Gasteiger partial charge >= 0.3 is 0 Å². The molecule has 0 saturated carbocycles. The van der Waals surface area contributed by atoms with Gasteiger partial charge in [0.05, 0.1) is 0 Å². The van der Waals surface area contributed by atoms with E-state index in [0.717, 1.165) is 11.5 Å². The minimum Gasteiger partial charge on any atom is -0.458 e. The highest BCUT2D eigenvalue weighted by Gasteiger charge is 1.94. The zero-order chi connectivity index (χ0) is 10.4. The highest BCUT2D eigenvalue weighted by Crippen LogP contribution is 2.15. The van der Waals surface area contributed by atoms with Gasteiger partial charge < -0.3 is 4.74 Å². The summed E-state index contributed by atoms with van der Waals surface area (Å²) in [6.45, 7) is 6.00. The maximum absolute atomic E-state index is 5.63. The fourth-order valence-corrected chi connectivity index (χ4v) is 1.10. The van der Waals surface area contributed by atoms with E-state index < -0.39 is 0 Å². The number of hydrogen-bond acceptors (Lipinski definition) is 1. The molecule has 0 aromatic heterocycles. The summed E-state index contributed by atoms with van der Waals surface area (Å²) >= 11 is 0. The summed E-state index contributed by atoms with van der Waals surface area (Å²) in [5.41, 5.74) is 1.24. The summed E-state index contributed by atoms with van der Waals surface area (Å²) in [5.74, 6) is 1.75. The Morgan fingerprint density at radius 2 is 1.79 bits per heavy atom. The van der Waals surface area contributed by atoms with E-state index in [2.05, 4.69) is 6.92 Å². The first-order valence-corrected chi connectivity index (χ1v) is 4.79. The summed E-state index contributed by atoms with van der Waals surface area (Å²) in [5, 5.41) is 0. The number of benzene rings is 1. The molecule has 1 aromatic carbocycles. The van der Waals surface area contributed by atoms with Crippen LogP contribution in [0.4, 0.5) is 0 Å². The molecule has 0 bridgehead atoms. The van der Waals surface area contributed by atoms with Gasteiger partial charge in [-0.25, -0.2) is 0 Å². The van der Waals surface area contributed by atoms with Crippen LogP contribution in [0.15, 0.2) is 48.3 Å². The molecular weight excluding hydrogens is 172 g/mol. The topological polar surface area (TPSA) is 9.23 Å². The Labute approximate surface area is 85.7 Å². The van der Waals surface area contributed by atoms with Crippen molar-refractivity contribution in [1.82, 2.24) is 0 Å². The third-order valence-corrected chi connectivity index (χ3v) is 1.87. The summed E-state index contributed by atoms with van der Waals surface area (Å²) in [4.78, 5) is 0. The van der Waals surface area contributed by atoms with Gasteiger partial charge in [-0.05, 0) is 45.1 Å². The van der Waals surface area contributed by atoms with Crippen molar-refractivity contribution in [3.63, 3.8) is 0 Å². The first-order valence-electron chi connectivity index (χ1n) is 4.79. The van der Waals surface area contributed by atoms with Crippen LogP contribution in [0.2, 0.25) is 0 Å². The SMILES string of the molecule is C/C=C\C(=C/C)Oc1ccc(C)cc1. The predicted molar refractivity (Wildman–Crippen MR) is 60.4 cm³/mol. The standard InChI is InChI=1S/C13H16O/c1-4-6-12(5-2)14-13-9-7-11(3)8-10-13/h4-10H,1-3H3/b6-4-,12-5+. The van der Waals surface area contributed by atoms with Crippen LogP contribution in [-0.4, -0.2) is 0 Å². The molecule has 0 aliphatic carbocycles. The lowest BCUT2D eigenvalue weighted by molar-refractivity contribution is 0.443. The van der Waals surface area contributed by atoms with Crippen molar-refractivity contribution < 1.29 is 4.74 Å². The summed E-state index contributed by atoms with van der Waals surface area (Å²) in [6.07, 6.45) is 5.85. The van der Waals surface area contributed by atoms with E-state index in [4.69, 9.17) is 4.74 Å². The van der Waals surface area contributed by atoms with E-state index in [0.29, 0.717) is 0 Å². The molecule has 1 aromatic rings. The minimum atomic E-state index is 0.872. The van der Waals surface area contributed by atoms with Crippen LogP contribution in [0.25, 0.3) is 0 Å². The van der Waals surface area contributed by atoms with Crippen LogP contribution in [-0.2, 0) is 0 Å². The summed E-state index contributed by atoms with van der Waals surface area (Å²) in [6, 6.07) is 8.03. The van der Waals surface area contributed by atoms with Gasteiger partial charge in [-0.2, -0.15) is 0 Å². The van der Waals surface area contributed by atoms with E-state index in [1.807, 2.05) is 56.3 Å². The third-order valence-electron chi connectivity index (χ3n) is 1.87. The maximum Gasteiger partial charge on any atom is 0.127 e. The Hall–Kier alpha value is -1.50. The lowest BCUT2D eigenvalue weighted by atomic mass is 10.2. The van der Waals surface area contributed by atoms with Crippen LogP contribution in [0.1, 0.15) is 19.4 Å². The average Bonchev–Trinajstić information content (AvgIpc) is 2.20. The number of allylic oxidation sites excluding steroid dienone is 3. The lowest BCUT2D eigenvalue weighted by Crippen LogP contribution is -1.91. The molecule has 0 spiro atoms. The molecule has 74 valence electrons. The van der Waals surface area contributed by atoms with Gasteiger partial charge in [0, 0.05) is 0 Å². The largest absolute Gasteiger partial charge is 0.458 e. The number of hydrogen-bond donors (Lipinski definition) is 0. The number of aryl methyl sites for hydroxylation is 1. The Kier molecular flexibility index (Phi) is 3.99. The van der Waals surface area contributed by atoms with E-state index in [9.17, 15) is 0 Å². The normalized spacial score (nSPS) is 12.1. The Bertz CT molecular complexity index is 331. The van der Waals surface area contributed by atoms with Crippen LogP contribution in [0.5, 0.6) is 5.75 Å². The van der Waals surface area contributed by atoms with E-state index in [1.54, 1.807) is 0 Å². The molecule has 0 radical (unpaired) electrons. The molecule has 0 aliphatic rings. The Balaban J connectivity index is 2.73. The van der Waals surface area contributed by atoms with Crippen molar-refractivity contribution in [3.8, 4) is 5.75 Å². The molecule has 0 fully saturated rings. The fourth-order valence-electron chi connectivity index (χ4n) is 1.10. The van der Waals surface area contributed by atoms with Gasteiger partial charge in [-0.1, -0.05) is 23.8 Å². The first-order chi connectivity index (χ1) is 6.76. The summed E-state index contributed by atoms with van der Waals surface area (Å²) < 4.78 is 5.63. The van der Waals surface area contributed by atoms with Crippen molar-refractivity contribution >= 4 is 0 Å². The smallest absolute Gasteiger partial charge is 0.127 e. The van der Waals surface area contributed by atoms with Gasteiger partial charge in [-0.3, -0.25) is 0 Å². The highest BCUT2D eigenvalue weighted by atomic mass is 16.5. The lowest BCUT2D eigenvalue weighted by Gasteiger charge is -2.05. The highest BCUT2D eigenvalue weighted by molar-refractivity contribution is 5.29. The van der Waals surface area contributed by atoms with Crippen LogP contribution in [0.3, 0.4) is 0 Å². The van der Waals surface area contributed by atoms with Gasteiger partial charge in [0.1, 0.15) is 11.5 Å². The molecule has 1 rings (SSSR count). The first kappa shape index (κ1) is 10.6. The van der Waals surface area contributed by atoms with Crippen molar-refractivity contribution in [2.75, 3.05) is 0 Å². The van der Waals surface area contributed by atoms with Crippen molar-refractivity contribution in [3.05, 3.63) is 53.8 Å². The van der Waals surface area contributed by atoms with E-state index in [-0.39, 0.29) is 0 Å². The second kappa shape index (κ2) is 5.28. The summed E-state index contributed by atoms with van der Waals surface area (Å²) in [7, 11) is 0. The molecule has 1 nitrogen and oxygen atoms in total. The van der Waals surface area contributed by atoms with Crippen molar-refractivity contribution in [2.24, 2.45) is 0 Å². The molecule has 14 heavy (non-hydrogen) atoms. The quantitative estimate of drug-likeness (QED) is 0.517. The van der Waals surface area contributed by atoms with Gasteiger partial charge in [0.25, 0.3) is 0 Å². The van der Waals surface area contributed by atoms with Gasteiger partial charge in [0.15, 0.2) is 0 Å². The molecule has 0 unspecified atom stereocenters. The molecule has 0 aliphatic heterocycles. The molecule has 0 atom stereocenters. The number of ether oxygens (including phenoxy) is 1. The van der Waals surface area contributed by atoms with Crippen molar-refractivity contribution in [2.45, 2.75) is 20.8 Å². The zero-order valence-corrected chi connectivity index (χ0v) is 8.95. The molecule has 1 heteroatoms. The Morgan fingerprint density at radius 3 is 2.29 bits per heavy atom. The number of rotatable bonds is 3. The van der Waals surface area contributed by atoms with Crippen LogP contribution >= 0.6 is 0 Å². The van der Waals surface area contributed by atoms with Gasteiger partial charge in [-0.15, -0.1) is 0 Å². The molecule has 0 heterocycles. The molecule has 0 amide bonds. The third kappa shape index (κ3) is 3.09. The average molecular weight is 188 g/mol.